The van der Waals surface area contributed by atoms with Crippen LogP contribution in [0.1, 0.15) is 40.3 Å². The molecule has 9 heteroatoms. The zero-order chi connectivity index (χ0) is 20.9. The van der Waals surface area contributed by atoms with Crippen LogP contribution in [-0.2, 0) is 16.0 Å². The molecule has 0 bridgehead atoms. The first-order valence-electron chi connectivity index (χ1n) is 9.84. The number of hydrogen-bond acceptors (Lipinski definition) is 8. The Labute approximate surface area is 177 Å². The first-order chi connectivity index (χ1) is 14.6. The quantitative estimate of drug-likeness (QED) is 0.574. The molecule has 0 atom stereocenters. The first-order valence-corrected chi connectivity index (χ1v) is 10.7. The highest BCUT2D eigenvalue weighted by atomic mass is 32.1. The third-order valence-electron chi connectivity index (χ3n) is 4.92. The maximum Gasteiger partial charge on any atom is 0.226 e. The summed E-state index contributed by atoms with van der Waals surface area (Å²) in [5.41, 5.74) is 1.37. The molecule has 0 spiro atoms. The summed E-state index contributed by atoms with van der Waals surface area (Å²) in [6.07, 6.45) is 7.15. The summed E-state index contributed by atoms with van der Waals surface area (Å²) in [6.45, 7) is 2.98. The molecule has 0 aromatic carbocycles. The summed E-state index contributed by atoms with van der Waals surface area (Å²) in [7, 11) is 0. The summed E-state index contributed by atoms with van der Waals surface area (Å²) in [6, 6.07) is 3.51. The van der Waals surface area contributed by atoms with Crippen LogP contribution in [0.15, 0.2) is 35.2 Å². The van der Waals surface area contributed by atoms with Crippen molar-refractivity contribution in [3.05, 3.63) is 47.1 Å². The molecule has 0 unspecified atom stereocenters. The lowest BCUT2D eigenvalue weighted by Crippen LogP contribution is -2.23. The molecule has 0 aliphatic carbocycles. The van der Waals surface area contributed by atoms with Crippen LogP contribution >= 0.6 is 11.3 Å². The number of carbonyl (C=O) groups excluding carboxylic acids is 2. The molecule has 8 nitrogen and oxygen atoms in total. The van der Waals surface area contributed by atoms with Gasteiger partial charge in [0, 0.05) is 37.9 Å². The van der Waals surface area contributed by atoms with Gasteiger partial charge in [-0.2, -0.15) is 0 Å². The molecule has 0 radical (unpaired) electrons. The number of nitrogens with zero attached hydrogens (tertiary/aromatic N) is 3. The topological polar surface area (TPSA) is 107 Å². The van der Waals surface area contributed by atoms with Crippen LogP contribution in [0.25, 0.3) is 11.5 Å². The molecule has 1 amide bonds. The van der Waals surface area contributed by atoms with Gasteiger partial charge in [0.05, 0.1) is 6.26 Å². The molecule has 0 saturated carbocycles. The van der Waals surface area contributed by atoms with Crippen LogP contribution in [0.5, 0.6) is 0 Å². The van der Waals surface area contributed by atoms with Crippen LogP contribution in [0, 0.1) is 12.8 Å². The lowest BCUT2D eigenvalue weighted by molar-refractivity contribution is -0.116. The molecule has 1 aliphatic heterocycles. The van der Waals surface area contributed by atoms with E-state index in [-0.39, 0.29) is 24.0 Å². The van der Waals surface area contributed by atoms with E-state index in [4.69, 9.17) is 9.15 Å². The van der Waals surface area contributed by atoms with Crippen LogP contribution in [0.4, 0.5) is 5.13 Å². The van der Waals surface area contributed by atoms with E-state index < -0.39 is 0 Å². The average Bonchev–Trinajstić information content (AvgIpc) is 3.43. The van der Waals surface area contributed by atoms with Crippen molar-refractivity contribution in [3.8, 4) is 11.5 Å². The van der Waals surface area contributed by atoms with Crippen molar-refractivity contribution in [3.63, 3.8) is 0 Å². The fourth-order valence-corrected chi connectivity index (χ4v) is 4.26. The number of aryl methyl sites for hydroxylation is 2. The standard InChI is InChI=1S/C21H22N4O4S/c1-13-22-11-14(12-23-13)4-5-17(26)24-21-25-18(16-3-2-8-29-16)20(30-21)19(27)15-6-9-28-10-7-15/h2-3,8,11-12,15H,4-7,9-10H2,1H3,(H,24,25,26). The second-order valence-electron chi connectivity index (χ2n) is 7.11. The molecule has 4 rings (SSSR count). The summed E-state index contributed by atoms with van der Waals surface area (Å²) in [4.78, 5) is 38.8. The fraction of sp³-hybridized carbons (Fsp3) is 0.381. The zero-order valence-electron chi connectivity index (χ0n) is 16.6. The van der Waals surface area contributed by atoms with Crippen molar-refractivity contribution >= 4 is 28.2 Å². The number of ketones is 1. The van der Waals surface area contributed by atoms with Gasteiger partial charge in [0.1, 0.15) is 16.4 Å². The summed E-state index contributed by atoms with van der Waals surface area (Å²) >= 11 is 1.19. The Morgan fingerprint density at radius 1 is 1.23 bits per heavy atom. The normalized spacial score (nSPS) is 14.6. The maximum absolute atomic E-state index is 13.1. The highest BCUT2D eigenvalue weighted by Crippen LogP contribution is 2.35. The van der Waals surface area contributed by atoms with Crippen LogP contribution in [-0.4, -0.2) is 39.9 Å². The van der Waals surface area contributed by atoms with Gasteiger partial charge < -0.3 is 14.5 Å². The van der Waals surface area contributed by atoms with E-state index in [1.165, 1.54) is 11.3 Å². The SMILES string of the molecule is Cc1ncc(CCC(=O)Nc2nc(-c3ccco3)c(C(=O)C3CCOCC3)s2)cn1. The third-order valence-corrected chi connectivity index (χ3v) is 5.90. The van der Waals surface area contributed by atoms with Gasteiger partial charge in [-0.1, -0.05) is 11.3 Å². The largest absolute Gasteiger partial charge is 0.463 e. The molecule has 1 saturated heterocycles. The minimum absolute atomic E-state index is 0.0273. The fourth-order valence-electron chi connectivity index (χ4n) is 3.25. The van der Waals surface area contributed by atoms with Crippen molar-refractivity contribution in [1.29, 1.82) is 0 Å². The van der Waals surface area contributed by atoms with E-state index >= 15 is 0 Å². The van der Waals surface area contributed by atoms with Crippen molar-refractivity contribution in [2.24, 2.45) is 5.92 Å². The van der Waals surface area contributed by atoms with Gasteiger partial charge in [-0.3, -0.25) is 9.59 Å². The third kappa shape index (κ3) is 4.80. The lowest BCUT2D eigenvalue weighted by Gasteiger charge is -2.20. The molecule has 3 aromatic rings. The lowest BCUT2D eigenvalue weighted by atomic mass is 9.94. The minimum atomic E-state index is -0.180. The molecular formula is C21H22N4O4S. The van der Waals surface area contributed by atoms with Crippen LogP contribution in [0.2, 0.25) is 0 Å². The molecule has 30 heavy (non-hydrogen) atoms. The molecule has 156 valence electrons. The number of ether oxygens (including phenoxy) is 1. The summed E-state index contributed by atoms with van der Waals surface area (Å²) in [5.74, 6) is 0.954. The average molecular weight is 426 g/mol. The van der Waals surface area contributed by atoms with Crippen LogP contribution in [0.3, 0.4) is 0 Å². The summed E-state index contributed by atoms with van der Waals surface area (Å²) < 4.78 is 10.8. The highest BCUT2D eigenvalue weighted by Gasteiger charge is 2.29. The van der Waals surface area contributed by atoms with E-state index in [1.807, 2.05) is 6.92 Å². The van der Waals surface area contributed by atoms with E-state index in [2.05, 4.69) is 20.3 Å². The Bertz CT molecular complexity index is 1010. The number of anilines is 1. The molecule has 1 N–H and O–H groups in total. The first kappa shape index (κ1) is 20.4. The van der Waals surface area contributed by atoms with E-state index in [1.54, 1.807) is 30.8 Å². The second-order valence-corrected chi connectivity index (χ2v) is 8.11. The number of rotatable bonds is 7. The van der Waals surface area contributed by atoms with Crippen molar-refractivity contribution in [2.75, 3.05) is 18.5 Å². The summed E-state index contributed by atoms with van der Waals surface area (Å²) in [5, 5.41) is 3.20. The number of amides is 1. The van der Waals surface area contributed by atoms with Crippen molar-refractivity contribution in [2.45, 2.75) is 32.6 Å². The maximum atomic E-state index is 13.1. The van der Waals surface area contributed by atoms with E-state index in [0.29, 0.717) is 59.8 Å². The Hall–Kier alpha value is -2.91. The van der Waals surface area contributed by atoms with E-state index in [0.717, 1.165) is 5.56 Å². The minimum Gasteiger partial charge on any atom is -0.463 e. The van der Waals surface area contributed by atoms with Crippen molar-refractivity contribution in [1.82, 2.24) is 15.0 Å². The number of thiazole rings is 1. The molecular weight excluding hydrogens is 404 g/mol. The van der Waals surface area contributed by atoms with Gasteiger partial charge in [0.15, 0.2) is 16.7 Å². The van der Waals surface area contributed by atoms with E-state index in [9.17, 15) is 9.59 Å². The van der Waals surface area contributed by atoms with Gasteiger partial charge in [0.25, 0.3) is 0 Å². The zero-order valence-corrected chi connectivity index (χ0v) is 17.4. The highest BCUT2D eigenvalue weighted by molar-refractivity contribution is 7.18. The second kappa shape index (κ2) is 9.27. The van der Waals surface area contributed by atoms with Gasteiger partial charge >= 0.3 is 0 Å². The number of Topliss-reactive ketones (excluding diaryl/α,β-unsaturated/α-hetero) is 1. The van der Waals surface area contributed by atoms with Gasteiger partial charge in [-0.15, -0.1) is 0 Å². The number of aromatic nitrogens is 3. The number of furan rings is 1. The van der Waals surface area contributed by atoms with Gasteiger partial charge in [-0.25, -0.2) is 15.0 Å². The van der Waals surface area contributed by atoms with Crippen molar-refractivity contribution < 1.29 is 18.7 Å². The molecule has 4 heterocycles. The van der Waals surface area contributed by atoms with Gasteiger partial charge in [-0.05, 0) is 43.9 Å². The Morgan fingerprint density at radius 2 is 2.00 bits per heavy atom. The Balaban J connectivity index is 1.48. The molecule has 1 aliphatic rings. The van der Waals surface area contributed by atoms with Crippen LogP contribution < -0.4 is 5.32 Å². The number of nitrogens with one attached hydrogen (secondary N) is 1. The predicted molar refractivity (Wildman–Crippen MR) is 111 cm³/mol. The monoisotopic (exact) mass is 426 g/mol. The smallest absolute Gasteiger partial charge is 0.226 e. The number of hydrogen-bond donors (Lipinski definition) is 1. The molecule has 1 fully saturated rings. The predicted octanol–water partition coefficient (Wildman–Crippen LogP) is 3.68. The number of carbonyl (C=O) groups is 2. The van der Waals surface area contributed by atoms with Gasteiger partial charge in [0.2, 0.25) is 5.91 Å². The Kier molecular flexibility index (Phi) is 6.29. The molecule has 3 aromatic heterocycles. The Morgan fingerprint density at radius 3 is 2.70 bits per heavy atom.